The van der Waals surface area contributed by atoms with E-state index < -0.39 is 0 Å². The van der Waals surface area contributed by atoms with Crippen LogP contribution < -0.4 is 5.32 Å². The predicted molar refractivity (Wildman–Crippen MR) is 68.8 cm³/mol. The maximum absolute atomic E-state index is 3.46. The Kier molecular flexibility index (Phi) is 2.22. The van der Waals surface area contributed by atoms with Crippen LogP contribution in [0.15, 0.2) is 42.5 Å². The molecule has 1 N–H and O–H groups in total. The van der Waals surface area contributed by atoms with Gasteiger partial charge in [-0.2, -0.15) is 0 Å². The first kappa shape index (κ1) is 9.86. The molecule has 1 heterocycles. The smallest absolute Gasteiger partial charge is 0.00618 e. The zero-order chi connectivity index (χ0) is 11.0. The van der Waals surface area contributed by atoms with Gasteiger partial charge in [-0.25, -0.2) is 0 Å². The van der Waals surface area contributed by atoms with Crippen LogP contribution in [0.3, 0.4) is 0 Å². The first-order valence-electron chi connectivity index (χ1n) is 5.98. The Balaban J connectivity index is 2.11. The molecule has 82 valence electrons. The van der Waals surface area contributed by atoms with Gasteiger partial charge in [0.25, 0.3) is 0 Å². The van der Waals surface area contributed by atoms with Crippen molar-refractivity contribution >= 4 is 10.8 Å². The van der Waals surface area contributed by atoms with Gasteiger partial charge in [-0.05, 0) is 29.3 Å². The maximum Gasteiger partial charge on any atom is 0.00618 e. The largest absolute Gasteiger partial charge is 0.316 e. The number of hydrogen-bond donors (Lipinski definition) is 1. The first-order chi connectivity index (χ1) is 7.78. The molecule has 0 aromatic heterocycles. The van der Waals surface area contributed by atoms with Gasteiger partial charge in [0.1, 0.15) is 0 Å². The van der Waals surface area contributed by atoms with Crippen LogP contribution in [0.2, 0.25) is 0 Å². The number of benzene rings is 2. The van der Waals surface area contributed by atoms with E-state index in [1.165, 1.54) is 22.8 Å². The number of hydrogen-bond acceptors (Lipinski definition) is 1. The van der Waals surface area contributed by atoms with E-state index >= 15 is 0 Å². The lowest BCUT2D eigenvalue weighted by atomic mass is 9.81. The average molecular weight is 211 g/mol. The molecule has 0 aliphatic carbocycles. The van der Waals surface area contributed by atoms with Gasteiger partial charge in [-0.1, -0.05) is 49.4 Å². The molecule has 1 fully saturated rings. The minimum Gasteiger partial charge on any atom is -0.316 e. The van der Waals surface area contributed by atoms with Crippen molar-refractivity contribution in [1.82, 2.24) is 5.32 Å². The summed E-state index contributed by atoms with van der Waals surface area (Å²) < 4.78 is 0. The summed E-state index contributed by atoms with van der Waals surface area (Å²) in [5, 5.41) is 6.15. The Morgan fingerprint density at radius 2 is 1.88 bits per heavy atom. The molecule has 1 atom stereocenters. The lowest BCUT2D eigenvalue weighted by Crippen LogP contribution is -2.24. The summed E-state index contributed by atoms with van der Waals surface area (Å²) >= 11 is 0. The summed E-state index contributed by atoms with van der Waals surface area (Å²) in [5.74, 6) is 0. The van der Waals surface area contributed by atoms with Crippen LogP contribution in [0.1, 0.15) is 18.9 Å². The summed E-state index contributed by atoms with van der Waals surface area (Å²) in [5.41, 5.74) is 1.79. The molecule has 2 aromatic rings. The molecule has 1 aliphatic rings. The Morgan fingerprint density at radius 1 is 1.06 bits per heavy atom. The van der Waals surface area contributed by atoms with Crippen molar-refractivity contribution in [3.63, 3.8) is 0 Å². The fourth-order valence-electron chi connectivity index (χ4n) is 2.63. The van der Waals surface area contributed by atoms with Crippen LogP contribution in [-0.4, -0.2) is 13.1 Å². The number of fused-ring (bicyclic) bond motifs is 1. The number of rotatable bonds is 1. The van der Waals surface area contributed by atoms with Crippen molar-refractivity contribution in [3.8, 4) is 0 Å². The van der Waals surface area contributed by atoms with Gasteiger partial charge in [0, 0.05) is 12.0 Å². The van der Waals surface area contributed by atoms with E-state index in [2.05, 4.69) is 54.7 Å². The molecule has 1 saturated heterocycles. The summed E-state index contributed by atoms with van der Waals surface area (Å²) in [6.45, 7) is 4.60. The van der Waals surface area contributed by atoms with E-state index in [4.69, 9.17) is 0 Å². The van der Waals surface area contributed by atoms with Gasteiger partial charge >= 0.3 is 0 Å². The van der Waals surface area contributed by atoms with E-state index in [1.807, 2.05) is 0 Å². The van der Waals surface area contributed by atoms with Crippen molar-refractivity contribution in [2.75, 3.05) is 13.1 Å². The van der Waals surface area contributed by atoms with Crippen molar-refractivity contribution < 1.29 is 0 Å². The van der Waals surface area contributed by atoms with Crippen molar-refractivity contribution in [1.29, 1.82) is 0 Å². The Hall–Kier alpha value is -1.34. The molecule has 2 aromatic carbocycles. The molecule has 1 aliphatic heterocycles. The average Bonchev–Trinajstić information content (AvgIpc) is 2.77. The summed E-state index contributed by atoms with van der Waals surface area (Å²) in [6.07, 6.45) is 1.24. The SMILES string of the molecule is CC1(c2ccc3ccccc3c2)CCNC1. The molecule has 1 nitrogen and oxygen atoms in total. The minimum atomic E-state index is 0.323. The third kappa shape index (κ3) is 1.52. The van der Waals surface area contributed by atoms with Crippen LogP contribution in [-0.2, 0) is 5.41 Å². The predicted octanol–water partition coefficient (Wildman–Crippen LogP) is 3.09. The fraction of sp³-hybridized carbons (Fsp3) is 0.333. The minimum absolute atomic E-state index is 0.323. The van der Waals surface area contributed by atoms with Crippen molar-refractivity contribution in [2.24, 2.45) is 0 Å². The second-order valence-corrected chi connectivity index (χ2v) is 5.05. The monoisotopic (exact) mass is 211 g/mol. The van der Waals surface area contributed by atoms with Gasteiger partial charge in [-0.15, -0.1) is 0 Å². The first-order valence-corrected chi connectivity index (χ1v) is 5.98. The van der Waals surface area contributed by atoms with Crippen LogP contribution in [0.4, 0.5) is 0 Å². The van der Waals surface area contributed by atoms with E-state index in [0.717, 1.165) is 13.1 Å². The van der Waals surface area contributed by atoms with E-state index in [1.54, 1.807) is 0 Å². The molecule has 0 spiro atoms. The molecular weight excluding hydrogens is 194 g/mol. The lowest BCUT2D eigenvalue weighted by Gasteiger charge is -2.23. The van der Waals surface area contributed by atoms with Gasteiger partial charge in [0.05, 0.1) is 0 Å². The van der Waals surface area contributed by atoms with Crippen LogP contribution >= 0.6 is 0 Å². The molecule has 0 bridgehead atoms. The molecular formula is C15H17N. The summed E-state index contributed by atoms with van der Waals surface area (Å²) in [7, 11) is 0. The highest BCUT2D eigenvalue weighted by Gasteiger charge is 2.30. The van der Waals surface area contributed by atoms with E-state index in [9.17, 15) is 0 Å². The maximum atomic E-state index is 3.46. The molecule has 3 rings (SSSR count). The van der Waals surface area contributed by atoms with Crippen LogP contribution in [0.25, 0.3) is 10.8 Å². The zero-order valence-electron chi connectivity index (χ0n) is 9.66. The zero-order valence-corrected chi connectivity index (χ0v) is 9.66. The Bertz CT molecular complexity index is 510. The topological polar surface area (TPSA) is 12.0 Å². The summed E-state index contributed by atoms with van der Waals surface area (Å²) in [6, 6.07) is 15.5. The third-order valence-electron chi connectivity index (χ3n) is 3.82. The van der Waals surface area contributed by atoms with Gasteiger partial charge < -0.3 is 5.32 Å². The van der Waals surface area contributed by atoms with Gasteiger partial charge in [-0.3, -0.25) is 0 Å². The highest BCUT2D eigenvalue weighted by atomic mass is 14.9. The van der Waals surface area contributed by atoms with Crippen molar-refractivity contribution in [3.05, 3.63) is 48.0 Å². The summed E-state index contributed by atoms with van der Waals surface area (Å²) in [4.78, 5) is 0. The molecule has 1 heteroatoms. The highest BCUT2D eigenvalue weighted by Crippen LogP contribution is 2.31. The third-order valence-corrected chi connectivity index (χ3v) is 3.82. The molecule has 1 unspecified atom stereocenters. The van der Waals surface area contributed by atoms with Crippen LogP contribution in [0, 0.1) is 0 Å². The second kappa shape index (κ2) is 3.60. The Morgan fingerprint density at radius 3 is 2.62 bits per heavy atom. The van der Waals surface area contributed by atoms with Crippen molar-refractivity contribution in [2.45, 2.75) is 18.8 Å². The van der Waals surface area contributed by atoms with Crippen LogP contribution in [0.5, 0.6) is 0 Å². The molecule has 16 heavy (non-hydrogen) atoms. The fourth-order valence-corrected chi connectivity index (χ4v) is 2.63. The second-order valence-electron chi connectivity index (χ2n) is 5.05. The molecule has 0 amide bonds. The number of nitrogens with one attached hydrogen (secondary N) is 1. The highest BCUT2D eigenvalue weighted by molar-refractivity contribution is 5.83. The van der Waals surface area contributed by atoms with E-state index in [0.29, 0.717) is 5.41 Å². The van der Waals surface area contributed by atoms with E-state index in [-0.39, 0.29) is 0 Å². The van der Waals surface area contributed by atoms with Gasteiger partial charge in [0.15, 0.2) is 0 Å². The normalized spacial score (nSPS) is 25.1. The lowest BCUT2D eigenvalue weighted by molar-refractivity contribution is 0.526. The van der Waals surface area contributed by atoms with Gasteiger partial charge in [0.2, 0.25) is 0 Å². The standard InChI is InChI=1S/C15H17N/c1-15(8-9-16-11-15)14-7-6-12-4-2-3-5-13(12)10-14/h2-7,10,16H,8-9,11H2,1H3. The quantitative estimate of drug-likeness (QED) is 0.764. The molecule has 0 saturated carbocycles. The molecule has 0 radical (unpaired) electrons. The Labute approximate surface area is 96.5 Å².